The Morgan fingerprint density at radius 3 is 2.58 bits per heavy atom. The highest BCUT2D eigenvalue weighted by Gasteiger charge is 2.15. The number of hydrogen-bond acceptors (Lipinski definition) is 2. The number of hydrogen-bond donors (Lipinski definition) is 0. The lowest BCUT2D eigenvalue weighted by molar-refractivity contribution is 0.308. The highest BCUT2D eigenvalue weighted by Crippen LogP contribution is 2.31. The molecule has 0 atom stereocenters. The zero-order valence-corrected chi connectivity index (χ0v) is 14.4. The summed E-state index contributed by atoms with van der Waals surface area (Å²) in [6, 6.07) is 8.11. The first-order valence-corrected chi connectivity index (χ1v) is 7.37. The van der Waals surface area contributed by atoms with Crippen molar-refractivity contribution in [1.29, 1.82) is 0 Å². The van der Waals surface area contributed by atoms with Crippen LogP contribution in [0, 0.1) is 32.0 Å². The molecule has 0 saturated heterocycles. The van der Waals surface area contributed by atoms with Gasteiger partial charge in [-0.3, -0.25) is 4.98 Å². The maximum atomic E-state index is 13.0. The summed E-state index contributed by atoms with van der Waals surface area (Å²) in [4.78, 5) is 4.45. The van der Waals surface area contributed by atoms with Gasteiger partial charge in [0.1, 0.15) is 23.7 Å². The Hall–Kier alpha value is -2.51. The van der Waals surface area contributed by atoms with Crippen LogP contribution in [0.5, 0.6) is 5.75 Å². The second-order valence-electron chi connectivity index (χ2n) is 5.42. The largest absolute Gasteiger partial charge is 0.487 e. The zero-order valence-electron chi connectivity index (χ0n) is 13.5. The molecule has 0 spiro atoms. The van der Waals surface area contributed by atoms with Gasteiger partial charge in [-0.05, 0) is 37.1 Å². The van der Waals surface area contributed by atoms with Crippen LogP contribution in [0.25, 0.3) is 11.0 Å². The Kier molecular flexibility index (Phi) is 5.48. The first kappa shape index (κ1) is 17.8. The first-order chi connectivity index (χ1) is 11.1. The summed E-state index contributed by atoms with van der Waals surface area (Å²) in [6.07, 6.45) is 7.22. The lowest BCUT2D eigenvalue weighted by Crippen LogP contribution is -2.02. The number of aromatic nitrogens is 2. The van der Waals surface area contributed by atoms with Gasteiger partial charge < -0.3 is 9.30 Å². The van der Waals surface area contributed by atoms with Crippen LogP contribution < -0.4 is 4.74 Å². The van der Waals surface area contributed by atoms with Crippen LogP contribution in [0.1, 0.15) is 16.8 Å². The molecule has 0 saturated carbocycles. The molecule has 5 heteroatoms. The van der Waals surface area contributed by atoms with Crippen LogP contribution in [0.4, 0.5) is 4.39 Å². The van der Waals surface area contributed by atoms with Gasteiger partial charge in [0.25, 0.3) is 0 Å². The second kappa shape index (κ2) is 7.37. The van der Waals surface area contributed by atoms with Crippen molar-refractivity contribution in [3.05, 3.63) is 59.2 Å². The number of aryl methyl sites for hydroxylation is 1. The van der Waals surface area contributed by atoms with Crippen LogP contribution in [0.3, 0.4) is 0 Å². The molecular weight excluding hydrogens is 327 g/mol. The Labute approximate surface area is 146 Å². The molecule has 3 aromatic rings. The minimum absolute atomic E-state index is 0. The van der Waals surface area contributed by atoms with Crippen molar-refractivity contribution in [2.45, 2.75) is 27.0 Å². The summed E-state index contributed by atoms with van der Waals surface area (Å²) in [5, 5.41) is 0. The van der Waals surface area contributed by atoms with Crippen molar-refractivity contribution in [3.63, 3.8) is 0 Å². The molecule has 3 nitrogen and oxygen atoms in total. The van der Waals surface area contributed by atoms with Crippen LogP contribution >= 0.6 is 12.4 Å². The third-order valence-electron chi connectivity index (χ3n) is 4.02. The number of nitrogens with zero attached hydrogens (tertiary/aromatic N) is 2. The molecule has 0 fully saturated rings. The highest BCUT2D eigenvalue weighted by atomic mass is 35.5. The molecule has 0 amide bonds. The van der Waals surface area contributed by atoms with E-state index in [4.69, 9.17) is 11.2 Å². The summed E-state index contributed by atoms with van der Waals surface area (Å²) in [6.45, 7) is 4.88. The Morgan fingerprint density at radius 1 is 1.21 bits per heavy atom. The molecular formula is C19H18ClFN2O. The summed E-state index contributed by atoms with van der Waals surface area (Å²) < 4.78 is 21.0. The maximum Gasteiger partial charge on any atom is 0.147 e. The zero-order chi connectivity index (χ0) is 16.4. The number of benzene rings is 1. The number of rotatable bonds is 4. The highest BCUT2D eigenvalue weighted by molar-refractivity contribution is 5.86. The molecule has 0 aliphatic rings. The Morgan fingerprint density at radius 2 is 1.92 bits per heavy atom. The average Bonchev–Trinajstić information content (AvgIpc) is 2.80. The first-order valence-electron chi connectivity index (χ1n) is 7.37. The van der Waals surface area contributed by atoms with E-state index in [2.05, 4.69) is 10.9 Å². The number of ether oxygens (including phenoxy) is 1. The lowest BCUT2D eigenvalue weighted by Gasteiger charge is -2.10. The molecule has 2 heterocycles. The van der Waals surface area contributed by atoms with Gasteiger partial charge in [-0.2, -0.15) is 0 Å². The van der Waals surface area contributed by atoms with Crippen molar-refractivity contribution in [3.8, 4) is 18.1 Å². The summed E-state index contributed by atoms with van der Waals surface area (Å²) in [7, 11) is 0. The molecule has 0 aliphatic carbocycles. The fourth-order valence-electron chi connectivity index (χ4n) is 2.66. The minimum atomic E-state index is -0.255. The van der Waals surface area contributed by atoms with E-state index in [1.807, 2.05) is 24.5 Å². The standard InChI is InChI=1S/C19H17FN2O.ClH/c1-4-11-22-14(3)13(2)18-19(22)17(9-10-21-18)23-12-15-5-7-16(20)8-6-15;/h1,5-10H,11-12H2,2-3H3;1H. The van der Waals surface area contributed by atoms with E-state index < -0.39 is 0 Å². The minimum Gasteiger partial charge on any atom is -0.487 e. The van der Waals surface area contributed by atoms with Gasteiger partial charge in [0.05, 0.1) is 12.1 Å². The van der Waals surface area contributed by atoms with Gasteiger partial charge in [-0.15, -0.1) is 18.8 Å². The third kappa shape index (κ3) is 3.22. The number of terminal acetylenes is 1. The van der Waals surface area contributed by atoms with E-state index in [1.165, 1.54) is 12.1 Å². The van der Waals surface area contributed by atoms with Crippen molar-refractivity contribution < 1.29 is 9.13 Å². The molecule has 0 N–H and O–H groups in total. The van der Waals surface area contributed by atoms with E-state index in [9.17, 15) is 4.39 Å². The van der Waals surface area contributed by atoms with E-state index in [1.54, 1.807) is 18.3 Å². The number of pyridine rings is 1. The monoisotopic (exact) mass is 344 g/mol. The van der Waals surface area contributed by atoms with Gasteiger partial charge in [0.2, 0.25) is 0 Å². The molecule has 2 aromatic heterocycles. The van der Waals surface area contributed by atoms with Crippen LogP contribution in [-0.2, 0) is 13.2 Å². The smallest absolute Gasteiger partial charge is 0.147 e. The summed E-state index contributed by atoms with van der Waals surface area (Å²) >= 11 is 0. The fourth-order valence-corrected chi connectivity index (χ4v) is 2.66. The van der Waals surface area contributed by atoms with Crippen LogP contribution in [0.2, 0.25) is 0 Å². The van der Waals surface area contributed by atoms with E-state index in [0.717, 1.165) is 33.6 Å². The fraction of sp³-hybridized carbons (Fsp3) is 0.211. The normalized spacial score (nSPS) is 10.2. The van der Waals surface area contributed by atoms with E-state index >= 15 is 0 Å². The van der Waals surface area contributed by atoms with Crippen molar-refractivity contribution in [1.82, 2.24) is 9.55 Å². The van der Waals surface area contributed by atoms with Crippen molar-refractivity contribution in [2.24, 2.45) is 0 Å². The van der Waals surface area contributed by atoms with Crippen molar-refractivity contribution in [2.75, 3.05) is 0 Å². The molecule has 1 aromatic carbocycles. The van der Waals surface area contributed by atoms with Gasteiger partial charge in [-0.25, -0.2) is 4.39 Å². The summed E-state index contributed by atoms with van der Waals surface area (Å²) in [5.74, 6) is 3.15. The lowest BCUT2D eigenvalue weighted by atomic mass is 10.2. The molecule has 3 rings (SSSR count). The SMILES string of the molecule is C#CCn1c(C)c(C)c2nccc(OCc3ccc(F)cc3)c21.Cl. The van der Waals surface area contributed by atoms with Crippen LogP contribution in [-0.4, -0.2) is 9.55 Å². The molecule has 24 heavy (non-hydrogen) atoms. The predicted octanol–water partition coefficient (Wildman–Crippen LogP) is 4.43. The molecule has 0 radical (unpaired) electrons. The van der Waals surface area contributed by atoms with Gasteiger partial charge in [-0.1, -0.05) is 18.1 Å². The molecule has 0 aliphatic heterocycles. The second-order valence-corrected chi connectivity index (χ2v) is 5.42. The molecule has 0 bridgehead atoms. The Balaban J connectivity index is 0.00000208. The predicted molar refractivity (Wildman–Crippen MR) is 96.0 cm³/mol. The van der Waals surface area contributed by atoms with Gasteiger partial charge in [0.15, 0.2) is 0 Å². The van der Waals surface area contributed by atoms with Gasteiger partial charge in [0, 0.05) is 18.0 Å². The van der Waals surface area contributed by atoms with Crippen molar-refractivity contribution >= 4 is 23.4 Å². The number of fused-ring (bicyclic) bond motifs is 1. The number of halogens is 2. The maximum absolute atomic E-state index is 13.0. The summed E-state index contributed by atoms with van der Waals surface area (Å²) in [5.41, 5.74) is 4.89. The van der Waals surface area contributed by atoms with Crippen LogP contribution in [0.15, 0.2) is 36.5 Å². The van der Waals surface area contributed by atoms with E-state index in [0.29, 0.717) is 13.2 Å². The quantitative estimate of drug-likeness (QED) is 0.655. The Bertz CT molecular complexity index is 894. The third-order valence-corrected chi connectivity index (χ3v) is 4.02. The topological polar surface area (TPSA) is 27.1 Å². The van der Waals surface area contributed by atoms with Gasteiger partial charge >= 0.3 is 0 Å². The average molecular weight is 345 g/mol. The molecule has 124 valence electrons. The molecule has 0 unspecified atom stereocenters. The van der Waals surface area contributed by atoms with E-state index in [-0.39, 0.29) is 18.2 Å².